The van der Waals surface area contributed by atoms with Gasteiger partial charge < -0.3 is 99.0 Å². The lowest BCUT2D eigenvalue weighted by Gasteiger charge is -2.47. The molecule has 0 radical (unpaired) electrons. The van der Waals surface area contributed by atoms with Crippen molar-refractivity contribution < 1.29 is 140 Å². The predicted octanol–water partition coefficient (Wildman–Crippen LogP) is 21.4. The number of hydrogen-bond donors (Lipinski definition) is 12. The van der Waals surface area contributed by atoms with Crippen LogP contribution in [0.5, 0.6) is 0 Å². The molecule has 0 saturated carbocycles. The minimum absolute atomic E-state index is 0.0289. The summed E-state index contributed by atoms with van der Waals surface area (Å²) >= 11 is 0. The van der Waals surface area contributed by atoms with Gasteiger partial charge in [-0.05, 0) is 51.4 Å². The first-order valence-electron chi connectivity index (χ1n) is 55.7. The fraction of sp³-hybridized carbons (Fsp3) is 0.943. The number of hydrogen-bond acceptors (Lipinski definition) is 26. The van der Waals surface area contributed by atoms with E-state index in [0.29, 0.717) is 51.4 Å². The van der Waals surface area contributed by atoms with Crippen LogP contribution in [-0.4, -0.2) is 216 Å². The maximum Gasteiger partial charge on any atom is 0.477 e. The van der Waals surface area contributed by atoms with E-state index in [4.69, 9.17) is 51.5 Å². The summed E-state index contributed by atoms with van der Waals surface area (Å²) in [6.45, 7) is 10.1. The zero-order valence-electron chi connectivity index (χ0n) is 86.5. The molecule has 0 aromatic carbocycles. The van der Waals surface area contributed by atoms with Crippen LogP contribution in [0.3, 0.4) is 0 Å². The van der Waals surface area contributed by atoms with Gasteiger partial charge >= 0.3 is 39.5 Å². The van der Waals surface area contributed by atoms with Crippen molar-refractivity contribution >= 4 is 51.3 Å². The molecule has 0 spiro atoms. The van der Waals surface area contributed by atoms with Crippen molar-refractivity contribution in [2.75, 3.05) is 19.8 Å². The fourth-order valence-corrected chi connectivity index (χ4v) is 20.2. The molecule has 19 atom stereocenters. The second-order valence-electron chi connectivity index (χ2n) is 40.0. The Kier molecular flexibility index (Phi) is 77.1. The van der Waals surface area contributed by atoms with Gasteiger partial charge in [0.15, 0.2) is 31.1 Å². The lowest BCUT2D eigenvalue weighted by atomic mass is 9.95. The van der Waals surface area contributed by atoms with Gasteiger partial charge in [0.05, 0.1) is 57.7 Å². The van der Waals surface area contributed by atoms with E-state index in [1.165, 1.54) is 103 Å². The Balaban J connectivity index is 2.30. The van der Waals surface area contributed by atoms with Crippen LogP contribution in [0.25, 0.3) is 0 Å². The Labute approximate surface area is 831 Å². The quantitative estimate of drug-likeness (QED) is 0.0116. The van der Waals surface area contributed by atoms with Crippen molar-refractivity contribution in [3.63, 3.8) is 0 Å². The molecule has 3 fully saturated rings. The maximum atomic E-state index is 15.3. The molecule has 812 valence electrons. The third-order valence-electron chi connectivity index (χ3n) is 27.0. The van der Waals surface area contributed by atoms with Crippen LogP contribution in [0, 0.1) is 0 Å². The van der Waals surface area contributed by atoms with Crippen molar-refractivity contribution in [2.45, 2.75) is 614 Å². The molecule has 138 heavy (non-hydrogen) atoms. The molecule has 3 aliphatic heterocycles. The number of ether oxygens (including phenoxy) is 8. The minimum Gasteiger partial charge on any atom is -0.462 e. The van der Waals surface area contributed by atoms with Gasteiger partial charge in [-0.15, -0.1) is 0 Å². The molecule has 2 amide bonds. The van der Waals surface area contributed by atoms with Gasteiger partial charge in [0, 0.05) is 12.8 Å². The minimum atomic E-state index is -5.97. The summed E-state index contributed by atoms with van der Waals surface area (Å²) in [5.74, 6) is -5.31. The topological polar surface area (TPSA) is 464 Å². The van der Waals surface area contributed by atoms with Crippen LogP contribution >= 0.6 is 15.6 Å². The number of nitrogens with one attached hydrogen (secondary N) is 2. The van der Waals surface area contributed by atoms with Crippen molar-refractivity contribution in [1.82, 2.24) is 10.6 Å². The molecule has 1 unspecified atom stereocenters. The average molecular weight is 2010 g/mol. The number of phosphoric acid groups is 2. The number of aliphatic hydroxyl groups is 7. The SMILES string of the molecule is CCCCCCCCCCCCCC(=O)O[C@H](CCCCCCCCCCCCC)CC(=O)N[C@H]1[C@H](OP(=O)(O)O[C@H]2OC[C@H](O)[C@H](O)[C@H]2O)O[C@H](CO[C@@H]2O[C@H](CO)[C@@H](O)[C@H](OC(=O)C[C@H](O)CCCCCCCCCCC)[C@H]2NC(=O)C[C@@H](CCCCCCCCCCCCC)OC(=O)CCCCCCCCCCCCC)[C@@H](OP(=O)(O)O)[C@@H]1OC(=O)C[C@H](O)CCCCCCCCCCC. The maximum absolute atomic E-state index is 15.3. The molecule has 3 rings (SSSR count). The van der Waals surface area contributed by atoms with E-state index in [2.05, 4.69) is 52.2 Å². The van der Waals surface area contributed by atoms with E-state index < -0.39 is 207 Å². The molecule has 3 aliphatic rings. The molecule has 31 nitrogen and oxygen atoms in total. The summed E-state index contributed by atoms with van der Waals surface area (Å²) in [6.07, 6.45) is 30.5. The van der Waals surface area contributed by atoms with Gasteiger partial charge in [-0.25, -0.2) is 9.13 Å². The second kappa shape index (κ2) is 82.6. The highest BCUT2D eigenvalue weighted by atomic mass is 31.2. The Bertz CT molecular complexity index is 3110. The predicted molar refractivity (Wildman–Crippen MR) is 535 cm³/mol. The van der Waals surface area contributed by atoms with E-state index >= 15 is 9.59 Å². The Morgan fingerprint density at radius 1 is 0.333 bits per heavy atom. The Morgan fingerprint density at radius 3 is 0.964 bits per heavy atom. The van der Waals surface area contributed by atoms with Gasteiger partial charge in [0.1, 0.15) is 67.0 Å². The third kappa shape index (κ3) is 63.9. The van der Waals surface area contributed by atoms with E-state index in [1.54, 1.807) is 0 Å². The van der Waals surface area contributed by atoms with Crippen LogP contribution < -0.4 is 10.6 Å². The molecular weight excluding hydrogens is 1820 g/mol. The van der Waals surface area contributed by atoms with Crippen molar-refractivity contribution in [3.05, 3.63) is 0 Å². The number of carbonyl (C=O) groups is 6. The molecule has 0 bridgehead atoms. The summed E-state index contributed by atoms with van der Waals surface area (Å²) in [5, 5.41) is 84.0. The largest absolute Gasteiger partial charge is 0.477 e. The van der Waals surface area contributed by atoms with Crippen molar-refractivity contribution in [2.24, 2.45) is 0 Å². The number of esters is 4. The Hall–Kier alpha value is -3.40. The standard InChI is InChI=1S/C105H198N2O29P2/c1-7-13-19-25-31-37-41-47-53-59-65-71-84(128-91(114)73-67-61-55-49-43-39-33-27-21-15-9-3)77-89(112)106-95-101(132-93(116)75-82(109)69-63-57-51-45-35-29-23-17-11-5)98(119)87(79-108)130-103(95)127-81-88-100(134-137(121,122)123)102(133-94(117)76-83(110)70-64-58-52-46-36-30-24-18-12-6)96(104(131-88)135-138(124,125)136-105-99(120)97(118)86(111)80-126-105)107-90(113)78-85(72-66-60-54-48-42-38-32-26-20-14-8-2)129-92(115)74-68-62-56-50-44-40-34-28-22-16-10-4/h82-88,95-105,108-111,118-120H,7-81H2,1-6H3,(H,106,112)(H,107,113)(H,124,125)(H2,121,122,123)/t82-,83-,84-,85-,86+,87-,88-,95-,96-,97+,98-,99-,100-,101-,102-,103-,104+,105-/m1/s1. The first-order chi connectivity index (χ1) is 66.6. The highest BCUT2D eigenvalue weighted by Crippen LogP contribution is 2.51. The lowest BCUT2D eigenvalue weighted by Crippen LogP contribution is -2.68. The van der Waals surface area contributed by atoms with Gasteiger partial charge in [-0.1, -0.05) is 414 Å². The Morgan fingerprint density at radius 2 is 0.630 bits per heavy atom. The van der Waals surface area contributed by atoms with E-state index in [1.807, 2.05) is 0 Å². The summed E-state index contributed by atoms with van der Waals surface area (Å²) in [4.78, 5) is 122. The molecule has 12 N–H and O–H groups in total. The van der Waals surface area contributed by atoms with Crippen LogP contribution in [0.1, 0.15) is 504 Å². The number of unbranched alkanes of at least 4 members (excludes halogenated alkanes) is 56. The van der Waals surface area contributed by atoms with Gasteiger partial charge in [-0.2, -0.15) is 0 Å². The van der Waals surface area contributed by atoms with Crippen molar-refractivity contribution in [1.29, 1.82) is 0 Å². The van der Waals surface area contributed by atoms with E-state index in [-0.39, 0.29) is 38.5 Å². The zero-order valence-corrected chi connectivity index (χ0v) is 88.3. The van der Waals surface area contributed by atoms with Gasteiger partial charge in [0.25, 0.3) is 0 Å². The smallest absolute Gasteiger partial charge is 0.462 e. The van der Waals surface area contributed by atoms with Crippen LogP contribution in [0.2, 0.25) is 0 Å². The molecule has 3 saturated heterocycles. The number of amides is 2. The van der Waals surface area contributed by atoms with E-state index in [0.717, 1.165) is 244 Å². The van der Waals surface area contributed by atoms with Gasteiger partial charge in [0.2, 0.25) is 11.8 Å². The number of carbonyl (C=O) groups excluding carboxylic acids is 6. The number of rotatable bonds is 92. The highest BCUT2D eigenvalue weighted by Gasteiger charge is 2.57. The van der Waals surface area contributed by atoms with Crippen LogP contribution in [0.4, 0.5) is 0 Å². The molecular formula is C105H198N2O29P2. The molecule has 3 heterocycles. The normalized spacial score (nSPS) is 22.6. The molecule has 0 aromatic heterocycles. The van der Waals surface area contributed by atoms with Gasteiger partial charge in [-0.3, -0.25) is 42.3 Å². The molecule has 0 aromatic rings. The first kappa shape index (κ1) is 129. The van der Waals surface area contributed by atoms with Crippen LogP contribution in [0.15, 0.2) is 0 Å². The third-order valence-corrected chi connectivity index (χ3v) is 28.5. The second-order valence-corrected chi connectivity index (χ2v) is 42.5. The first-order valence-corrected chi connectivity index (χ1v) is 58.7. The summed E-state index contributed by atoms with van der Waals surface area (Å²) in [5.41, 5.74) is 0. The summed E-state index contributed by atoms with van der Waals surface area (Å²) < 4.78 is 94.5. The summed E-state index contributed by atoms with van der Waals surface area (Å²) in [7, 11) is -11.9. The van der Waals surface area contributed by atoms with E-state index in [9.17, 15) is 78.7 Å². The lowest BCUT2D eigenvalue weighted by molar-refractivity contribution is -0.298. The fourth-order valence-electron chi connectivity index (χ4n) is 18.7. The monoisotopic (exact) mass is 2010 g/mol. The van der Waals surface area contributed by atoms with Crippen molar-refractivity contribution in [3.8, 4) is 0 Å². The number of aliphatic hydroxyl groups excluding tert-OH is 7. The highest BCUT2D eigenvalue weighted by molar-refractivity contribution is 7.47. The summed E-state index contributed by atoms with van der Waals surface area (Å²) in [6, 6.07) is -4.12. The average Bonchev–Trinajstić information content (AvgIpc) is 0.789. The molecule has 33 heteroatoms. The zero-order chi connectivity index (χ0) is 101. The number of phosphoric ester groups is 2. The molecule has 0 aliphatic carbocycles. The van der Waals surface area contributed by atoms with Crippen LogP contribution in [-0.2, 0) is 89.4 Å².